The second-order valence-electron chi connectivity index (χ2n) is 5.94. The number of likely N-dealkylation sites (tertiary alicyclic amines) is 1. The molecule has 0 aliphatic carbocycles. The van der Waals surface area contributed by atoms with Gasteiger partial charge in [0, 0.05) is 26.7 Å². The van der Waals surface area contributed by atoms with Gasteiger partial charge in [0.2, 0.25) is 11.7 Å². The van der Waals surface area contributed by atoms with Gasteiger partial charge in [0.05, 0.1) is 23.6 Å². The van der Waals surface area contributed by atoms with Crippen molar-refractivity contribution >= 4 is 46.8 Å². The van der Waals surface area contributed by atoms with Crippen molar-refractivity contribution in [2.75, 3.05) is 27.2 Å². The number of ether oxygens (including phenoxy) is 1. The van der Waals surface area contributed by atoms with Crippen molar-refractivity contribution in [3.05, 3.63) is 33.8 Å². The summed E-state index contributed by atoms with van der Waals surface area (Å²) in [6, 6.07) is 4.98. The van der Waals surface area contributed by atoms with E-state index in [0.717, 1.165) is 5.56 Å². The summed E-state index contributed by atoms with van der Waals surface area (Å²) in [5.41, 5.74) is 0.745. The highest BCUT2D eigenvalue weighted by atomic mass is 35.5. The minimum absolute atomic E-state index is 0.0322. The Balaban J connectivity index is 2.01. The van der Waals surface area contributed by atoms with Gasteiger partial charge in [-0.05, 0) is 17.7 Å². The zero-order valence-electron chi connectivity index (χ0n) is 14.3. The molecule has 1 aromatic carbocycles. The minimum atomic E-state index is -1.08. The first kappa shape index (κ1) is 20.2. The smallest absolute Gasteiger partial charge is 0.307 e. The van der Waals surface area contributed by atoms with Crippen molar-refractivity contribution in [3.63, 3.8) is 0 Å². The van der Waals surface area contributed by atoms with Crippen LogP contribution in [0.25, 0.3) is 0 Å². The van der Waals surface area contributed by atoms with Crippen LogP contribution in [0.3, 0.4) is 0 Å². The highest BCUT2D eigenvalue weighted by molar-refractivity contribution is 6.42. The van der Waals surface area contributed by atoms with E-state index in [2.05, 4.69) is 4.74 Å². The standard InChI is InChI=1S/C17H18Cl2N2O5/c1-20(8-10-3-4-12(18)13(19)7-10)16(24)11-9-21(17(25)15(11)23)6-5-14(22)26-2/h3-4,7,11H,5-6,8-9H2,1-2H3. The Morgan fingerprint density at radius 2 is 1.96 bits per heavy atom. The third-order valence-corrected chi connectivity index (χ3v) is 4.85. The molecule has 2 rings (SSSR count). The molecule has 7 nitrogen and oxygen atoms in total. The lowest BCUT2D eigenvalue weighted by molar-refractivity contribution is -0.145. The van der Waals surface area contributed by atoms with Crippen molar-refractivity contribution in [3.8, 4) is 0 Å². The zero-order valence-corrected chi connectivity index (χ0v) is 15.8. The Morgan fingerprint density at radius 1 is 1.27 bits per heavy atom. The van der Waals surface area contributed by atoms with E-state index >= 15 is 0 Å². The second kappa shape index (κ2) is 8.51. The molecule has 1 saturated heterocycles. The molecule has 26 heavy (non-hydrogen) atoms. The highest BCUT2D eigenvalue weighted by Gasteiger charge is 2.44. The van der Waals surface area contributed by atoms with Gasteiger partial charge < -0.3 is 14.5 Å². The maximum atomic E-state index is 12.6. The molecule has 1 aliphatic rings. The molecule has 140 valence electrons. The molecule has 1 fully saturated rings. The SMILES string of the molecule is COC(=O)CCN1CC(C(=O)N(C)Cc2ccc(Cl)c(Cl)c2)C(=O)C1=O. The van der Waals surface area contributed by atoms with Gasteiger partial charge in [-0.1, -0.05) is 29.3 Å². The van der Waals surface area contributed by atoms with Crippen LogP contribution in [0.2, 0.25) is 10.0 Å². The van der Waals surface area contributed by atoms with E-state index in [1.807, 2.05) is 0 Å². The van der Waals surface area contributed by atoms with Gasteiger partial charge in [0.25, 0.3) is 5.91 Å². The molecule has 9 heteroatoms. The zero-order chi connectivity index (χ0) is 19.4. The van der Waals surface area contributed by atoms with Crippen molar-refractivity contribution in [2.24, 2.45) is 5.92 Å². The van der Waals surface area contributed by atoms with Crippen molar-refractivity contribution < 1.29 is 23.9 Å². The van der Waals surface area contributed by atoms with Crippen LogP contribution in [0, 0.1) is 5.92 Å². The van der Waals surface area contributed by atoms with Gasteiger partial charge in [0.15, 0.2) is 0 Å². The molecule has 1 heterocycles. The van der Waals surface area contributed by atoms with Crippen LogP contribution in [0.5, 0.6) is 0 Å². The van der Waals surface area contributed by atoms with Crippen LogP contribution in [-0.4, -0.2) is 60.6 Å². The molecular formula is C17H18Cl2N2O5. The van der Waals surface area contributed by atoms with E-state index < -0.39 is 29.5 Å². The predicted molar refractivity (Wildman–Crippen MR) is 94.6 cm³/mol. The van der Waals surface area contributed by atoms with Gasteiger partial charge in [-0.15, -0.1) is 0 Å². The normalized spacial score (nSPS) is 16.8. The third kappa shape index (κ3) is 4.53. The maximum absolute atomic E-state index is 12.6. The van der Waals surface area contributed by atoms with E-state index in [0.29, 0.717) is 10.0 Å². The molecule has 2 amide bonds. The number of esters is 1. The number of benzene rings is 1. The number of Topliss-reactive ketones (excluding diaryl/α,β-unsaturated/α-hetero) is 1. The molecule has 1 atom stereocenters. The lowest BCUT2D eigenvalue weighted by atomic mass is 10.1. The van der Waals surface area contributed by atoms with E-state index in [-0.39, 0.29) is 26.1 Å². The van der Waals surface area contributed by atoms with Crippen molar-refractivity contribution in [2.45, 2.75) is 13.0 Å². The lowest BCUT2D eigenvalue weighted by Crippen LogP contribution is -2.36. The Bertz CT molecular complexity index is 753. The summed E-state index contributed by atoms with van der Waals surface area (Å²) in [7, 11) is 2.78. The number of rotatable bonds is 6. The van der Waals surface area contributed by atoms with Crippen LogP contribution in [0.4, 0.5) is 0 Å². The number of nitrogens with zero attached hydrogens (tertiary/aromatic N) is 2. The maximum Gasteiger partial charge on any atom is 0.307 e. The number of halogens is 2. The fourth-order valence-electron chi connectivity index (χ4n) is 2.66. The second-order valence-corrected chi connectivity index (χ2v) is 6.75. The Morgan fingerprint density at radius 3 is 2.58 bits per heavy atom. The summed E-state index contributed by atoms with van der Waals surface area (Å²) in [6.45, 7) is 0.215. The van der Waals surface area contributed by atoms with Gasteiger partial charge in [0.1, 0.15) is 5.92 Å². The summed E-state index contributed by atoms with van der Waals surface area (Å²) < 4.78 is 4.51. The van der Waals surface area contributed by atoms with Crippen LogP contribution >= 0.6 is 23.2 Å². The summed E-state index contributed by atoms with van der Waals surface area (Å²) in [4.78, 5) is 50.5. The molecule has 0 aromatic heterocycles. The highest BCUT2D eigenvalue weighted by Crippen LogP contribution is 2.24. The fourth-order valence-corrected chi connectivity index (χ4v) is 2.98. The third-order valence-electron chi connectivity index (χ3n) is 4.11. The number of methoxy groups -OCH3 is 1. The summed E-state index contributed by atoms with van der Waals surface area (Å²) in [6.07, 6.45) is -0.0322. The number of carbonyl (C=O) groups excluding carboxylic acids is 4. The quantitative estimate of drug-likeness (QED) is 0.410. The topological polar surface area (TPSA) is 84.0 Å². The van der Waals surface area contributed by atoms with E-state index in [1.165, 1.54) is 16.9 Å². The first-order chi connectivity index (χ1) is 12.2. The van der Waals surface area contributed by atoms with Crippen LogP contribution in [0.1, 0.15) is 12.0 Å². The van der Waals surface area contributed by atoms with Gasteiger partial charge in [-0.2, -0.15) is 0 Å². The Hall–Kier alpha value is -2.12. The molecule has 1 aromatic rings. The minimum Gasteiger partial charge on any atom is -0.469 e. The average molecular weight is 401 g/mol. The average Bonchev–Trinajstić information content (AvgIpc) is 2.90. The van der Waals surface area contributed by atoms with Crippen LogP contribution in [0.15, 0.2) is 18.2 Å². The molecule has 1 aliphatic heterocycles. The summed E-state index contributed by atoms with van der Waals surface area (Å²) in [5.74, 6) is -3.55. The largest absolute Gasteiger partial charge is 0.469 e. The molecule has 1 unspecified atom stereocenters. The number of hydrogen-bond donors (Lipinski definition) is 0. The van der Waals surface area contributed by atoms with Crippen LogP contribution in [-0.2, 0) is 30.5 Å². The fraction of sp³-hybridized carbons (Fsp3) is 0.412. The first-order valence-electron chi connectivity index (χ1n) is 7.83. The van der Waals surface area contributed by atoms with Crippen molar-refractivity contribution in [1.82, 2.24) is 9.80 Å². The van der Waals surface area contributed by atoms with Gasteiger partial charge in [-0.25, -0.2) is 0 Å². The number of ketones is 1. The van der Waals surface area contributed by atoms with E-state index in [1.54, 1.807) is 25.2 Å². The molecule has 0 spiro atoms. The lowest BCUT2D eigenvalue weighted by Gasteiger charge is -2.21. The summed E-state index contributed by atoms with van der Waals surface area (Å²) >= 11 is 11.8. The van der Waals surface area contributed by atoms with E-state index in [9.17, 15) is 19.2 Å². The molecular weight excluding hydrogens is 383 g/mol. The Kier molecular flexibility index (Phi) is 6.61. The molecule has 0 saturated carbocycles. The Labute approximate surface area is 160 Å². The molecule has 0 bridgehead atoms. The predicted octanol–water partition coefficient (Wildman–Crippen LogP) is 1.54. The molecule has 0 N–H and O–H groups in total. The number of carbonyl (C=O) groups is 4. The monoisotopic (exact) mass is 400 g/mol. The van der Waals surface area contributed by atoms with E-state index in [4.69, 9.17) is 23.2 Å². The number of hydrogen-bond acceptors (Lipinski definition) is 5. The molecule has 0 radical (unpaired) electrons. The van der Waals surface area contributed by atoms with Crippen molar-refractivity contribution in [1.29, 1.82) is 0 Å². The van der Waals surface area contributed by atoms with Crippen LogP contribution < -0.4 is 0 Å². The van der Waals surface area contributed by atoms with Gasteiger partial charge in [-0.3, -0.25) is 19.2 Å². The van der Waals surface area contributed by atoms with Gasteiger partial charge >= 0.3 is 5.97 Å². The first-order valence-corrected chi connectivity index (χ1v) is 8.59. The number of amides is 2. The summed E-state index contributed by atoms with van der Waals surface area (Å²) in [5, 5.41) is 0.772.